The van der Waals surface area contributed by atoms with Crippen molar-refractivity contribution < 1.29 is 9.84 Å². The zero-order valence-corrected chi connectivity index (χ0v) is 12.4. The highest BCUT2D eigenvalue weighted by Crippen LogP contribution is 2.30. The molecule has 0 aliphatic heterocycles. The fourth-order valence-corrected chi connectivity index (χ4v) is 2.07. The van der Waals surface area contributed by atoms with E-state index < -0.39 is 0 Å². The first-order chi connectivity index (χ1) is 9.10. The smallest absolute Gasteiger partial charge is 0.145 e. The summed E-state index contributed by atoms with van der Waals surface area (Å²) >= 11 is 9.23. The molecular weight excluding hydrogens is 330 g/mol. The lowest BCUT2D eigenvalue weighted by molar-refractivity contribution is 0.416. The molecule has 2 rings (SSSR count). The van der Waals surface area contributed by atoms with Gasteiger partial charge in [-0.1, -0.05) is 27.5 Å². The maximum absolute atomic E-state index is 9.72. The van der Waals surface area contributed by atoms with E-state index in [4.69, 9.17) is 16.3 Å². The minimum Gasteiger partial charge on any atom is -0.507 e. The van der Waals surface area contributed by atoms with E-state index in [2.05, 4.69) is 20.9 Å². The average molecular weight is 341 g/mol. The first-order valence-electron chi connectivity index (χ1n) is 5.46. The zero-order valence-electron chi connectivity index (χ0n) is 10.1. The number of phenolic OH excluding ortho intramolecular Hbond substituents is 1. The van der Waals surface area contributed by atoms with Gasteiger partial charge in [0, 0.05) is 27.3 Å². The Balaban J connectivity index is 2.35. The molecule has 3 nitrogen and oxygen atoms in total. The normalized spacial score (nSPS) is 10.9. The predicted molar refractivity (Wildman–Crippen MR) is 81.1 cm³/mol. The van der Waals surface area contributed by atoms with E-state index in [1.165, 1.54) is 0 Å². The Morgan fingerprint density at radius 2 is 2.05 bits per heavy atom. The second-order valence-electron chi connectivity index (χ2n) is 3.78. The molecule has 19 heavy (non-hydrogen) atoms. The number of hydrogen-bond donors (Lipinski definition) is 1. The Morgan fingerprint density at radius 3 is 2.79 bits per heavy atom. The van der Waals surface area contributed by atoms with Crippen molar-refractivity contribution in [3.8, 4) is 11.5 Å². The highest BCUT2D eigenvalue weighted by molar-refractivity contribution is 9.10. The van der Waals surface area contributed by atoms with E-state index in [9.17, 15) is 5.11 Å². The number of ether oxygens (including phenoxy) is 1. The summed E-state index contributed by atoms with van der Waals surface area (Å²) in [4.78, 5) is 4.30. The molecule has 1 N–H and O–H groups in total. The lowest BCUT2D eigenvalue weighted by Gasteiger charge is -2.04. The fraction of sp³-hybridized carbons (Fsp3) is 0.0714. The Hall–Kier alpha value is -1.52. The number of methoxy groups -OCH3 is 1. The molecule has 0 saturated heterocycles. The van der Waals surface area contributed by atoms with E-state index in [0.29, 0.717) is 22.0 Å². The summed E-state index contributed by atoms with van der Waals surface area (Å²) in [6, 6.07) is 10.3. The standard InChI is InChI=1S/C14H11BrClNO2/c1-19-14-7-11(16)3-4-12(14)17-8-9-6-10(15)2-5-13(9)18/h2-8,18H,1H3. The number of aliphatic imine (C=N–C) groups is 1. The number of rotatable bonds is 3. The third kappa shape index (κ3) is 3.49. The van der Waals surface area contributed by atoms with Gasteiger partial charge in [-0.25, -0.2) is 0 Å². The number of nitrogens with zero attached hydrogens (tertiary/aromatic N) is 1. The maximum Gasteiger partial charge on any atom is 0.145 e. The Morgan fingerprint density at radius 1 is 1.26 bits per heavy atom. The topological polar surface area (TPSA) is 41.8 Å². The highest BCUT2D eigenvalue weighted by atomic mass is 79.9. The van der Waals surface area contributed by atoms with E-state index in [-0.39, 0.29) is 5.75 Å². The van der Waals surface area contributed by atoms with Crippen LogP contribution in [0, 0.1) is 0 Å². The van der Waals surface area contributed by atoms with Crippen LogP contribution >= 0.6 is 27.5 Å². The molecule has 0 radical (unpaired) electrons. The molecule has 5 heteroatoms. The highest BCUT2D eigenvalue weighted by Gasteiger charge is 2.03. The van der Waals surface area contributed by atoms with Gasteiger partial charge in [-0.2, -0.15) is 0 Å². The monoisotopic (exact) mass is 339 g/mol. The minimum atomic E-state index is 0.167. The number of phenols is 1. The molecule has 0 aromatic heterocycles. The van der Waals surface area contributed by atoms with Crippen LogP contribution < -0.4 is 4.74 Å². The summed E-state index contributed by atoms with van der Waals surface area (Å²) in [7, 11) is 1.56. The molecule has 0 amide bonds. The van der Waals surface area contributed by atoms with E-state index in [1.807, 2.05) is 0 Å². The van der Waals surface area contributed by atoms with Gasteiger partial charge >= 0.3 is 0 Å². The van der Waals surface area contributed by atoms with Crippen molar-refractivity contribution in [3.63, 3.8) is 0 Å². The molecule has 0 heterocycles. The molecule has 0 atom stereocenters. The molecule has 2 aromatic rings. The minimum absolute atomic E-state index is 0.167. The van der Waals surface area contributed by atoms with Gasteiger partial charge in [-0.15, -0.1) is 0 Å². The van der Waals surface area contributed by atoms with Crippen LogP contribution in [-0.4, -0.2) is 18.4 Å². The fourth-order valence-electron chi connectivity index (χ4n) is 1.53. The number of aromatic hydroxyl groups is 1. The van der Waals surface area contributed by atoms with Gasteiger partial charge in [0.25, 0.3) is 0 Å². The Bertz CT molecular complexity index is 629. The predicted octanol–water partition coefficient (Wildman–Crippen LogP) is 4.57. The van der Waals surface area contributed by atoms with Crippen LogP contribution in [0.15, 0.2) is 45.9 Å². The quantitative estimate of drug-likeness (QED) is 0.832. The van der Waals surface area contributed by atoms with Gasteiger partial charge in [0.15, 0.2) is 0 Å². The summed E-state index contributed by atoms with van der Waals surface area (Å²) in [5.41, 5.74) is 1.26. The van der Waals surface area contributed by atoms with Gasteiger partial charge in [0.1, 0.15) is 17.2 Å². The number of benzene rings is 2. The van der Waals surface area contributed by atoms with Crippen molar-refractivity contribution in [3.05, 3.63) is 51.5 Å². The lowest BCUT2D eigenvalue weighted by atomic mass is 10.2. The van der Waals surface area contributed by atoms with Crippen LogP contribution in [0.2, 0.25) is 5.02 Å². The number of hydrogen-bond acceptors (Lipinski definition) is 3. The van der Waals surface area contributed by atoms with Crippen molar-refractivity contribution in [1.29, 1.82) is 0 Å². The summed E-state index contributed by atoms with van der Waals surface area (Å²) < 4.78 is 6.07. The van der Waals surface area contributed by atoms with Crippen LogP contribution in [0.25, 0.3) is 0 Å². The molecule has 0 aliphatic carbocycles. The first-order valence-corrected chi connectivity index (χ1v) is 6.63. The summed E-state index contributed by atoms with van der Waals surface area (Å²) in [5.74, 6) is 0.748. The third-order valence-corrected chi connectivity index (χ3v) is 3.20. The van der Waals surface area contributed by atoms with E-state index in [1.54, 1.807) is 49.7 Å². The summed E-state index contributed by atoms with van der Waals surface area (Å²) in [6.07, 6.45) is 1.58. The largest absolute Gasteiger partial charge is 0.507 e. The second kappa shape index (κ2) is 6.08. The molecule has 2 aromatic carbocycles. The van der Waals surface area contributed by atoms with Crippen LogP contribution in [-0.2, 0) is 0 Å². The molecule has 0 unspecified atom stereocenters. The lowest BCUT2D eigenvalue weighted by Crippen LogP contribution is -1.85. The van der Waals surface area contributed by atoms with Crippen LogP contribution in [0.3, 0.4) is 0 Å². The van der Waals surface area contributed by atoms with Crippen molar-refractivity contribution in [2.24, 2.45) is 4.99 Å². The van der Waals surface area contributed by atoms with E-state index in [0.717, 1.165) is 4.47 Å². The molecule has 0 bridgehead atoms. The second-order valence-corrected chi connectivity index (χ2v) is 5.13. The number of halogens is 2. The molecule has 0 saturated carbocycles. The zero-order chi connectivity index (χ0) is 13.8. The van der Waals surface area contributed by atoms with Crippen molar-refractivity contribution in [1.82, 2.24) is 0 Å². The van der Waals surface area contributed by atoms with Crippen LogP contribution in [0.1, 0.15) is 5.56 Å². The Labute approximate surface area is 124 Å². The first kappa shape index (κ1) is 13.9. The average Bonchev–Trinajstić information content (AvgIpc) is 2.40. The van der Waals surface area contributed by atoms with Gasteiger partial charge in [-0.05, 0) is 30.3 Å². The van der Waals surface area contributed by atoms with Gasteiger partial charge in [0.05, 0.1) is 7.11 Å². The molecule has 0 aliphatic rings. The SMILES string of the molecule is COc1cc(Cl)ccc1N=Cc1cc(Br)ccc1O. The Kier molecular flexibility index (Phi) is 4.45. The molecule has 98 valence electrons. The molecular formula is C14H11BrClNO2. The third-order valence-electron chi connectivity index (χ3n) is 2.47. The maximum atomic E-state index is 9.72. The van der Waals surface area contributed by atoms with Crippen molar-refractivity contribution in [2.75, 3.05) is 7.11 Å². The summed E-state index contributed by atoms with van der Waals surface area (Å²) in [5, 5.41) is 10.3. The molecule has 0 fully saturated rings. The van der Waals surface area contributed by atoms with Crippen LogP contribution in [0.5, 0.6) is 11.5 Å². The molecule has 0 spiro atoms. The van der Waals surface area contributed by atoms with E-state index >= 15 is 0 Å². The van der Waals surface area contributed by atoms with Gasteiger partial charge < -0.3 is 9.84 Å². The van der Waals surface area contributed by atoms with Crippen molar-refractivity contribution >= 4 is 39.4 Å². The van der Waals surface area contributed by atoms with Gasteiger partial charge in [-0.3, -0.25) is 4.99 Å². The summed E-state index contributed by atoms with van der Waals surface area (Å²) in [6.45, 7) is 0. The van der Waals surface area contributed by atoms with Crippen LogP contribution in [0.4, 0.5) is 5.69 Å². The van der Waals surface area contributed by atoms with Gasteiger partial charge in [0.2, 0.25) is 0 Å². The van der Waals surface area contributed by atoms with Crippen molar-refractivity contribution in [2.45, 2.75) is 0 Å².